The molecule has 2 aliphatic carbocycles. The van der Waals surface area contributed by atoms with E-state index in [0.29, 0.717) is 12.8 Å². The first-order chi connectivity index (χ1) is 9.98. The molecule has 0 aliphatic heterocycles. The van der Waals surface area contributed by atoms with Crippen molar-refractivity contribution in [1.29, 1.82) is 0 Å². The van der Waals surface area contributed by atoms with Crippen molar-refractivity contribution >= 4 is 15.8 Å². The molecule has 3 rings (SSSR count). The van der Waals surface area contributed by atoms with Gasteiger partial charge in [-0.15, -0.1) is 0 Å². The lowest BCUT2D eigenvalue weighted by Gasteiger charge is -2.15. The van der Waals surface area contributed by atoms with Crippen LogP contribution < -0.4 is 4.74 Å². The Kier molecular flexibility index (Phi) is 3.65. The fourth-order valence-corrected chi connectivity index (χ4v) is 4.39. The highest BCUT2D eigenvalue weighted by atomic mass is 32.2. The van der Waals surface area contributed by atoms with Gasteiger partial charge >= 0.3 is 5.97 Å². The molecule has 5 nitrogen and oxygen atoms in total. The summed E-state index contributed by atoms with van der Waals surface area (Å²) in [6.07, 6.45) is 5.36. The zero-order valence-electron chi connectivity index (χ0n) is 11.6. The number of hydrogen-bond donors (Lipinski definition) is 1. The van der Waals surface area contributed by atoms with Crippen LogP contribution in [0.1, 0.15) is 48.9 Å². The third kappa shape index (κ3) is 2.90. The van der Waals surface area contributed by atoms with Gasteiger partial charge in [-0.3, -0.25) is 0 Å². The molecule has 114 valence electrons. The summed E-state index contributed by atoms with van der Waals surface area (Å²) in [5.74, 6) is -0.889. The van der Waals surface area contributed by atoms with Crippen molar-refractivity contribution in [3.8, 4) is 5.75 Å². The molecule has 2 saturated carbocycles. The van der Waals surface area contributed by atoms with Crippen molar-refractivity contribution < 1.29 is 23.1 Å². The second-order valence-electron chi connectivity index (χ2n) is 5.73. The average molecular weight is 310 g/mol. The van der Waals surface area contributed by atoms with Gasteiger partial charge in [-0.1, -0.05) is 0 Å². The maximum absolute atomic E-state index is 12.2. The number of benzene rings is 1. The number of carboxylic acid groups (broad SMARTS) is 1. The molecular weight excluding hydrogens is 292 g/mol. The van der Waals surface area contributed by atoms with Gasteiger partial charge in [-0.2, -0.15) is 0 Å². The van der Waals surface area contributed by atoms with Gasteiger partial charge in [0, 0.05) is 0 Å². The zero-order chi connectivity index (χ0) is 15.0. The predicted molar refractivity (Wildman–Crippen MR) is 76.5 cm³/mol. The average Bonchev–Trinajstić information content (AvgIpc) is 3.19. The molecule has 0 radical (unpaired) electrons. The van der Waals surface area contributed by atoms with Gasteiger partial charge in [0.05, 0.1) is 16.2 Å². The first-order valence-electron chi connectivity index (χ1n) is 7.26. The highest BCUT2D eigenvalue weighted by molar-refractivity contribution is 7.92. The molecule has 1 aromatic carbocycles. The molecule has 0 saturated heterocycles. The Hall–Kier alpha value is -1.56. The number of carboxylic acids is 1. The van der Waals surface area contributed by atoms with E-state index in [0.717, 1.165) is 25.7 Å². The fourth-order valence-electron chi connectivity index (χ4n) is 2.71. The number of hydrogen-bond acceptors (Lipinski definition) is 4. The van der Waals surface area contributed by atoms with Gasteiger partial charge < -0.3 is 9.84 Å². The predicted octanol–water partition coefficient (Wildman–Crippen LogP) is 2.64. The topological polar surface area (TPSA) is 80.7 Å². The Balaban J connectivity index is 1.92. The van der Waals surface area contributed by atoms with E-state index in [1.54, 1.807) is 0 Å². The van der Waals surface area contributed by atoms with Gasteiger partial charge in [-0.05, 0) is 56.7 Å². The van der Waals surface area contributed by atoms with Crippen LogP contribution in [0.4, 0.5) is 0 Å². The zero-order valence-corrected chi connectivity index (χ0v) is 12.4. The number of aromatic carboxylic acids is 1. The monoisotopic (exact) mass is 310 g/mol. The molecule has 0 aromatic heterocycles. The Bertz CT molecular complexity index is 655. The quantitative estimate of drug-likeness (QED) is 0.904. The summed E-state index contributed by atoms with van der Waals surface area (Å²) in [6, 6.07) is 4.18. The molecule has 1 aromatic rings. The highest BCUT2D eigenvalue weighted by Crippen LogP contribution is 2.35. The normalized spacial score (nSPS) is 19.6. The summed E-state index contributed by atoms with van der Waals surface area (Å²) in [7, 11) is -3.38. The van der Waals surface area contributed by atoms with Crippen LogP contribution in [0.5, 0.6) is 5.75 Å². The number of rotatable bonds is 5. The minimum atomic E-state index is -3.38. The summed E-state index contributed by atoms with van der Waals surface area (Å²) < 4.78 is 30.1. The van der Waals surface area contributed by atoms with Crippen LogP contribution in [-0.2, 0) is 9.84 Å². The van der Waals surface area contributed by atoms with Crippen LogP contribution >= 0.6 is 0 Å². The van der Waals surface area contributed by atoms with E-state index in [1.807, 2.05) is 0 Å². The molecular formula is C15H18O5S. The van der Waals surface area contributed by atoms with E-state index in [-0.39, 0.29) is 27.6 Å². The number of sulfone groups is 1. The molecule has 0 heterocycles. The van der Waals surface area contributed by atoms with E-state index in [9.17, 15) is 18.3 Å². The molecule has 0 unspecified atom stereocenters. The second-order valence-corrected chi connectivity index (χ2v) is 7.96. The molecule has 0 bridgehead atoms. The van der Waals surface area contributed by atoms with E-state index in [2.05, 4.69) is 0 Å². The standard InChI is InChI=1S/C15H18O5S/c16-15(17)13-9-12(21(18,19)11-5-6-11)7-8-14(13)20-10-3-1-2-4-10/h7-11H,1-6H2,(H,16,17). The highest BCUT2D eigenvalue weighted by Gasteiger charge is 2.37. The van der Waals surface area contributed by atoms with Crippen LogP contribution in [0.3, 0.4) is 0 Å². The van der Waals surface area contributed by atoms with Crippen molar-refractivity contribution in [1.82, 2.24) is 0 Å². The van der Waals surface area contributed by atoms with Crippen LogP contribution in [0.15, 0.2) is 23.1 Å². The van der Waals surface area contributed by atoms with Crippen LogP contribution in [0.2, 0.25) is 0 Å². The van der Waals surface area contributed by atoms with Crippen molar-refractivity contribution in [3.63, 3.8) is 0 Å². The Morgan fingerprint density at radius 3 is 2.38 bits per heavy atom. The first kappa shape index (κ1) is 14.4. The lowest BCUT2D eigenvalue weighted by atomic mass is 10.2. The lowest BCUT2D eigenvalue weighted by molar-refractivity contribution is 0.0689. The molecule has 1 N–H and O–H groups in total. The summed E-state index contributed by atoms with van der Waals surface area (Å²) in [5.41, 5.74) is -0.0661. The van der Waals surface area contributed by atoms with Gasteiger partial charge in [0.25, 0.3) is 0 Å². The van der Waals surface area contributed by atoms with E-state index >= 15 is 0 Å². The van der Waals surface area contributed by atoms with Crippen molar-refractivity contribution in [2.45, 2.75) is 54.8 Å². The van der Waals surface area contributed by atoms with E-state index in [1.165, 1.54) is 18.2 Å². The number of ether oxygens (including phenoxy) is 1. The molecule has 2 fully saturated rings. The molecule has 2 aliphatic rings. The maximum Gasteiger partial charge on any atom is 0.339 e. The SMILES string of the molecule is O=C(O)c1cc(S(=O)(=O)C2CC2)ccc1OC1CCCC1. The van der Waals surface area contributed by atoms with Gasteiger partial charge in [0.15, 0.2) is 9.84 Å². The summed E-state index contributed by atoms with van der Waals surface area (Å²) in [6.45, 7) is 0. The van der Waals surface area contributed by atoms with E-state index < -0.39 is 15.8 Å². The van der Waals surface area contributed by atoms with Gasteiger partial charge in [0.1, 0.15) is 11.3 Å². The van der Waals surface area contributed by atoms with Gasteiger partial charge in [0.2, 0.25) is 0 Å². The molecule has 0 amide bonds. The smallest absolute Gasteiger partial charge is 0.339 e. The maximum atomic E-state index is 12.2. The summed E-state index contributed by atoms with van der Waals surface area (Å²) >= 11 is 0. The molecule has 21 heavy (non-hydrogen) atoms. The lowest BCUT2D eigenvalue weighted by Crippen LogP contribution is -2.15. The van der Waals surface area contributed by atoms with Crippen LogP contribution in [0.25, 0.3) is 0 Å². The third-order valence-corrected chi connectivity index (χ3v) is 6.33. The Morgan fingerprint density at radius 1 is 1.14 bits per heavy atom. The van der Waals surface area contributed by atoms with E-state index in [4.69, 9.17) is 4.74 Å². The van der Waals surface area contributed by atoms with Crippen LogP contribution in [-0.4, -0.2) is 30.8 Å². The first-order valence-corrected chi connectivity index (χ1v) is 8.81. The fraction of sp³-hybridized carbons (Fsp3) is 0.533. The Morgan fingerprint density at radius 2 is 1.81 bits per heavy atom. The minimum absolute atomic E-state index is 0.0361. The second kappa shape index (κ2) is 5.33. The van der Waals surface area contributed by atoms with Gasteiger partial charge in [-0.25, -0.2) is 13.2 Å². The molecule has 6 heteroatoms. The summed E-state index contributed by atoms with van der Waals surface area (Å²) in [4.78, 5) is 11.5. The van der Waals surface area contributed by atoms with Crippen molar-refractivity contribution in [2.75, 3.05) is 0 Å². The van der Waals surface area contributed by atoms with Crippen molar-refractivity contribution in [2.24, 2.45) is 0 Å². The van der Waals surface area contributed by atoms with Crippen molar-refractivity contribution in [3.05, 3.63) is 23.8 Å². The Labute approximate surface area is 123 Å². The molecule has 0 atom stereocenters. The third-order valence-electron chi connectivity index (χ3n) is 4.07. The minimum Gasteiger partial charge on any atom is -0.490 e. The summed E-state index contributed by atoms with van der Waals surface area (Å²) in [5, 5.41) is 8.96. The molecule has 0 spiro atoms. The number of carbonyl (C=O) groups is 1. The largest absolute Gasteiger partial charge is 0.490 e. The van der Waals surface area contributed by atoms with Crippen LogP contribution in [0, 0.1) is 0 Å².